The lowest BCUT2D eigenvalue weighted by Crippen LogP contribution is -3.17. The molecule has 0 aromatic heterocycles. The number of hydrogen-bond acceptors (Lipinski definition) is 1. The van der Waals surface area contributed by atoms with Gasteiger partial charge in [0.2, 0.25) is 0 Å². The van der Waals surface area contributed by atoms with E-state index in [9.17, 15) is 4.79 Å². The van der Waals surface area contributed by atoms with Crippen molar-refractivity contribution in [2.24, 2.45) is 5.92 Å². The Labute approximate surface area is 151 Å². The first kappa shape index (κ1) is 17.7. The lowest BCUT2D eigenvalue weighted by Gasteiger charge is -2.32. The molecule has 0 saturated carbocycles. The Bertz CT molecular complexity index is 648. The molecule has 2 N–H and O–H groups in total. The summed E-state index contributed by atoms with van der Waals surface area (Å²) in [5.41, 5.74) is 2.59. The van der Waals surface area contributed by atoms with Crippen molar-refractivity contribution in [3.05, 3.63) is 71.8 Å². The molecule has 1 aliphatic heterocycles. The summed E-state index contributed by atoms with van der Waals surface area (Å²) < 4.78 is 0. The molecule has 0 bridgehead atoms. The third kappa shape index (κ3) is 5.17. The van der Waals surface area contributed by atoms with Gasteiger partial charge in [-0.25, -0.2) is 0 Å². The lowest BCUT2D eigenvalue weighted by molar-refractivity contribution is -0.920. The average Bonchev–Trinajstić information content (AvgIpc) is 2.68. The van der Waals surface area contributed by atoms with E-state index in [4.69, 9.17) is 0 Å². The molecule has 3 heteroatoms. The van der Waals surface area contributed by atoms with Crippen molar-refractivity contribution in [2.75, 3.05) is 13.1 Å². The second-order valence-electron chi connectivity index (χ2n) is 7.22. The van der Waals surface area contributed by atoms with Gasteiger partial charge >= 0.3 is 0 Å². The van der Waals surface area contributed by atoms with E-state index < -0.39 is 0 Å². The SMILES string of the molecule is C[C@@H](C(=O)NCc1ccccc1)[NH+]1CCC(Cc2ccccc2)CC1. The van der Waals surface area contributed by atoms with Crippen molar-refractivity contribution < 1.29 is 9.69 Å². The molecule has 2 aromatic carbocycles. The van der Waals surface area contributed by atoms with E-state index in [1.165, 1.54) is 29.7 Å². The number of carbonyl (C=O) groups is 1. The molecular weight excluding hydrogens is 308 g/mol. The van der Waals surface area contributed by atoms with Gasteiger partial charge in [0.05, 0.1) is 13.1 Å². The van der Waals surface area contributed by atoms with E-state index in [-0.39, 0.29) is 11.9 Å². The maximum atomic E-state index is 12.5. The third-order valence-corrected chi connectivity index (χ3v) is 5.43. The summed E-state index contributed by atoms with van der Waals surface area (Å²) in [6.45, 7) is 4.87. The quantitative estimate of drug-likeness (QED) is 0.833. The first-order valence-corrected chi connectivity index (χ1v) is 9.42. The zero-order chi connectivity index (χ0) is 17.5. The van der Waals surface area contributed by atoms with Gasteiger partial charge in [0, 0.05) is 6.54 Å². The third-order valence-electron chi connectivity index (χ3n) is 5.43. The maximum absolute atomic E-state index is 12.5. The maximum Gasteiger partial charge on any atom is 0.278 e. The van der Waals surface area contributed by atoms with Crippen LogP contribution in [0.4, 0.5) is 0 Å². The van der Waals surface area contributed by atoms with Crippen molar-refractivity contribution >= 4 is 5.91 Å². The highest BCUT2D eigenvalue weighted by Gasteiger charge is 2.29. The van der Waals surface area contributed by atoms with Crippen LogP contribution in [-0.4, -0.2) is 25.0 Å². The average molecular weight is 337 g/mol. The predicted molar refractivity (Wildman–Crippen MR) is 101 cm³/mol. The predicted octanol–water partition coefficient (Wildman–Crippen LogP) is 2.23. The van der Waals surface area contributed by atoms with Crippen molar-refractivity contribution in [1.82, 2.24) is 5.32 Å². The Hall–Kier alpha value is -2.13. The smallest absolute Gasteiger partial charge is 0.278 e. The number of nitrogens with one attached hydrogen (secondary N) is 2. The van der Waals surface area contributed by atoms with Gasteiger partial charge in [-0.2, -0.15) is 0 Å². The van der Waals surface area contributed by atoms with Crippen LogP contribution in [0.25, 0.3) is 0 Å². The number of carbonyl (C=O) groups excluding carboxylic acids is 1. The van der Waals surface area contributed by atoms with Crippen LogP contribution in [0.3, 0.4) is 0 Å². The van der Waals surface area contributed by atoms with E-state index in [0.29, 0.717) is 6.54 Å². The number of quaternary nitrogens is 1. The second-order valence-corrected chi connectivity index (χ2v) is 7.22. The monoisotopic (exact) mass is 337 g/mol. The van der Waals surface area contributed by atoms with E-state index >= 15 is 0 Å². The van der Waals surface area contributed by atoms with Crippen LogP contribution in [-0.2, 0) is 17.8 Å². The molecule has 2 aromatic rings. The van der Waals surface area contributed by atoms with Crippen LogP contribution in [0, 0.1) is 5.92 Å². The normalized spacial score (nSPS) is 21.5. The van der Waals surface area contributed by atoms with Crippen LogP contribution in [0.1, 0.15) is 30.9 Å². The second kappa shape index (κ2) is 8.82. The largest absolute Gasteiger partial charge is 0.347 e. The van der Waals surface area contributed by atoms with E-state index in [1.54, 1.807) is 0 Å². The Morgan fingerprint density at radius 1 is 1.00 bits per heavy atom. The number of amides is 1. The van der Waals surface area contributed by atoms with Crippen molar-refractivity contribution in [3.8, 4) is 0 Å². The Balaban J connectivity index is 1.43. The van der Waals surface area contributed by atoms with Gasteiger partial charge in [-0.3, -0.25) is 4.79 Å². The van der Waals surface area contributed by atoms with Crippen molar-refractivity contribution in [3.63, 3.8) is 0 Å². The minimum Gasteiger partial charge on any atom is -0.347 e. The Morgan fingerprint density at radius 3 is 2.16 bits per heavy atom. The van der Waals surface area contributed by atoms with Crippen LogP contribution in [0.5, 0.6) is 0 Å². The molecule has 25 heavy (non-hydrogen) atoms. The summed E-state index contributed by atoms with van der Waals surface area (Å²) in [6.07, 6.45) is 3.59. The van der Waals surface area contributed by atoms with E-state index in [0.717, 1.165) is 24.6 Å². The van der Waals surface area contributed by atoms with Crippen LogP contribution in [0.2, 0.25) is 0 Å². The lowest BCUT2D eigenvalue weighted by atomic mass is 9.89. The molecule has 1 saturated heterocycles. The van der Waals surface area contributed by atoms with Crippen LogP contribution in [0.15, 0.2) is 60.7 Å². The fourth-order valence-electron chi connectivity index (χ4n) is 3.76. The van der Waals surface area contributed by atoms with Gasteiger partial charge in [0.25, 0.3) is 5.91 Å². The minimum absolute atomic E-state index is 0.0291. The van der Waals surface area contributed by atoms with Gasteiger partial charge in [0.15, 0.2) is 6.04 Å². The first-order valence-electron chi connectivity index (χ1n) is 9.42. The van der Waals surface area contributed by atoms with Gasteiger partial charge in [-0.1, -0.05) is 60.7 Å². The fourth-order valence-corrected chi connectivity index (χ4v) is 3.76. The number of piperidine rings is 1. The summed E-state index contributed by atoms with van der Waals surface area (Å²) in [5, 5.41) is 3.09. The standard InChI is InChI=1S/C22H28N2O/c1-18(22(25)23-17-21-10-6-3-7-11-21)24-14-12-20(13-15-24)16-19-8-4-2-5-9-19/h2-11,18,20H,12-17H2,1H3,(H,23,25)/p+1/t18-/m0/s1. The van der Waals surface area contributed by atoms with Gasteiger partial charge in [-0.15, -0.1) is 0 Å². The van der Waals surface area contributed by atoms with Gasteiger partial charge in [-0.05, 0) is 43.2 Å². The number of hydrogen-bond donors (Lipinski definition) is 2. The molecule has 1 amide bonds. The number of rotatable bonds is 6. The summed E-state index contributed by atoms with van der Waals surface area (Å²) >= 11 is 0. The van der Waals surface area contributed by atoms with Crippen molar-refractivity contribution in [1.29, 1.82) is 0 Å². The number of likely N-dealkylation sites (tertiary alicyclic amines) is 1. The summed E-state index contributed by atoms with van der Waals surface area (Å²) in [7, 11) is 0. The van der Waals surface area contributed by atoms with E-state index in [1.807, 2.05) is 30.3 Å². The molecule has 132 valence electrons. The van der Waals surface area contributed by atoms with Gasteiger partial charge < -0.3 is 10.2 Å². The molecule has 1 fully saturated rings. The first-order chi connectivity index (χ1) is 12.2. The fraction of sp³-hybridized carbons (Fsp3) is 0.409. The molecule has 1 heterocycles. The zero-order valence-electron chi connectivity index (χ0n) is 15.1. The highest BCUT2D eigenvalue weighted by atomic mass is 16.2. The topological polar surface area (TPSA) is 33.5 Å². The number of benzene rings is 2. The van der Waals surface area contributed by atoms with E-state index in [2.05, 4.69) is 42.6 Å². The molecule has 0 radical (unpaired) electrons. The highest BCUT2D eigenvalue weighted by Crippen LogP contribution is 2.16. The molecule has 3 rings (SSSR count). The summed E-state index contributed by atoms with van der Waals surface area (Å²) in [4.78, 5) is 13.9. The molecule has 3 nitrogen and oxygen atoms in total. The highest BCUT2D eigenvalue weighted by molar-refractivity contribution is 5.79. The van der Waals surface area contributed by atoms with Crippen molar-refractivity contribution in [2.45, 2.75) is 38.8 Å². The van der Waals surface area contributed by atoms with Crippen LogP contribution >= 0.6 is 0 Å². The zero-order valence-corrected chi connectivity index (χ0v) is 15.1. The summed E-state index contributed by atoms with van der Waals surface area (Å²) in [6, 6.07) is 20.9. The molecule has 0 unspecified atom stereocenters. The summed E-state index contributed by atoms with van der Waals surface area (Å²) in [5.74, 6) is 0.922. The molecule has 0 spiro atoms. The molecule has 1 aliphatic rings. The molecular formula is C22H29N2O+. The molecule has 1 atom stereocenters. The Kier molecular flexibility index (Phi) is 6.24. The molecule has 0 aliphatic carbocycles. The van der Waals surface area contributed by atoms with Gasteiger partial charge in [0.1, 0.15) is 0 Å². The Morgan fingerprint density at radius 2 is 1.56 bits per heavy atom. The minimum atomic E-state index is 0.0291. The van der Waals surface area contributed by atoms with Crippen LogP contribution < -0.4 is 10.2 Å².